The zero-order valence-electron chi connectivity index (χ0n) is 24.5. The number of tetrazole rings is 1. The molecule has 2 N–H and O–H groups in total. The van der Waals surface area contributed by atoms with Gasteiger partial charge in [-0.1, -0.05) is 63.1 Å². The second-order valence-electron chi connectivity index (χ2n) is 12.3. The SMILES string of the molecule is CCCC(c1ccc(C(=O)NCc2nn[nH]n2)cc1)N1C(=O)C(c2ccc(F)c(Cl)c2)=NC12CCC(C(C)(C)C)CC2. The van der Waals surface area contributed by atoms with E-state index >= 15 is 0 Å². The van der Waals surface area contributed by atoms with Crippen LogP contribution in [0.25, 0.3) is 0 Å². The second-order valence-corrected chi connectivity index (χ2v) is 12.7. The summed E-state index contributed by atoms with van der Waals surface area (Å²) in [5.74, 6) is -0.0533. The number of benzene rings is 2. The van der Waals surface area contributed by atoms with Gasteiger partial charge in [-0.05, 0) is 79.3 Å². The van der Waals surface area contributed by atoms with Gasteiger partial charge < -0.3 is 10.2 Å². The molecular formula is C31H37ClFN7O2. The van der Waals surface area contributed by atoms with E-state index in [4.69, 9.17) is 16.6 Å². The average Bonchev–Trinajstić information content (AvgIpc) is 3.58. The summed E-state index contributed by atoms with van der Waals surface area (Å²) in [5.41, 5.74) is 1.74. The lowest BCUT2D eigenvalue weighted by Crippen LogP contribution is -2.51. The molecule has 222 valence electrons. The normalized spacial score (nSPS) is 21.5. The first-order valence-electron chi connectivity index (χ1n) is 14.5. The summed E-state index contributed by atoms with van der Waals surface area (Å²) in [6.45, 7) is 9.05. The van der Waals surface area contributed by atoms with Crippen molar-refractivity contribution in [2.75, 3.05) is 0 Å². The van der Waals surface area contributed by atoms with Gasteiger partial charge in [0.25, 0.3) is 11.8 Å². The van der Waals surface area contributed by atoms with Crippen LogP contribution in [-0.4, -0.2) is 48.7 Å². The number of carbonyl (C=O) groups is 2. The second kappa shape index (κ2) is 11.9. The molecule has 9 nitrogen and oxygen atoms in total. The minimum Gasteiger partial charge on any atom is -0.345 e. The first-order valence-corrected chi connectivity index (χ1v) is 14.9. The van der Waals surface area contributed by atoms with Gasteiger partial charge in [0.1, 0.15) is 17.2 Å². The summed E-state index contributed by atoms with van der Waals surface area (Å²) in [6, 6.07) is 11.5. The van der Waals surface area contributed by atoms with Gasteiger partial charge in [-0.2, -0.15) is 5.21 Å². The van der Waals surface area contributed by atoms with E-state index in [1.807, 2.05) is 17.0 Å². The lowest BCUT2D eigenvalue weighted by Gasteiger charge is -2.47. The summed E-state index contributed by atoms with van der Waals surface area (Å²) >= 11 is 6.12. The topological polar surface area (TPSA) is 116 Å². The first-order chi connectivity index (χ1) is 20.0. The largest absolute Gasteiger partial charge is 0.345 e. The molecule has 1 spiro atoms. The van der Waals surface area contributed by atoms with E-state index in [9.17, 15) is 14.0 Å². The highest BCUT2D eigenvalue weighted by Gasteiger charge is 2.52. The van der Waals surface area contributed by atoms with Crippen LogP contribution in [0.1, 0.15) is 99.6 Å². The van der Waals surface area contributed by atoms with Crippen molar-refractivity contribution < 1.29 is 14.0 Å². The number of rotatable bonds is 8. The Balaban J connectivity index is 1.46. The van der Waals surface area contributed by atoms with Crippen molar-refractivity contribution in [2.45, 2.75) is 84.5 Å². The molecule has 0 saturated heterocycles. The van der Waals surface area contributed by atoms with Crippen LogP contribution < -0.4 is 5.32 Å². The number of aromatic amines is 1. The van der Waals surface area contributed by atoms with Crippen molar-refractivity contribution in [3.8, 4) is 0 Å². The number of aliphatic imine (C=N–C) groups is 1. The number of H-pyrrole nitrogens is 1. The van der Waals surface area contributed by atoms with Crippen LogP contribution in [0.4, 0.5) is 4.39 Å². The number of amides is 2. The number of nitrogens with zero attached hydrogens (tertiary/aromatic N) is 5. The van der Waals surface area contributed by atoms with E-state index in [1.54, 1.807) is 18.2 Å². The van der Waals surface area contributed by atoms with Gasteiger partial charge in [0, 0.05) is 11.1 Å². The number of aromatic nitrogens is 4. The van der Waals surface area contributed by atoms with Gasteiger partial charge in [0.05, 0.1) is 17.6 Å². The molecule has 2 amide bonds. The highest BCUT2D eigenvalue weighted by Crippen LogP contribution is 2.50. The van der Waals surface area contributed by atoms with Gasteiger partial charge >= 0.3 is 0 Å². The molecule has 1 saturated carbocycles. The zero-order valence-corrected chi connectivity index (χ0v) is 25.2. The third kappa shape index (κ3) is 5.95. The summed E-state index contributed by atoms with van der Waals surface area (Å²) in [4.78, 5) is 34.1. The number of nitrogens with one attached hydrogen (secondary N) is 2. The number of hydrogen-bond acceptors (Lipinski definition) is 6. The zero-order chi connectivity index (χ0) is 30.1. The maximum atomic E-state index is 14.3. The predicted octanol–water partition coefficient (Wildman–Crippen LogP) is 6.03. The quantitative estimate of drug-likeness (QED) is 0.331. The molecule has 2 aliphatic rings. The van der Waals surface area contributed by atoms with Crippen LogP contribution in [0, 0.1) is 17.2 Å². The minimum absolute atomic E-state index is 0.0368. The first kappa shape index (κ1) is 29.8. The van der Waals surface area contributed by atoms with Crippen LogP contribution in [-0.2, 0) is 11.3 Å². The Morgan fingerprint density at radius 1 is 1.19 bits per heavy atom. The van der Waals surface area contributed by atoms with Gasteiger partial charge in [0.15, 0.2) is 5.82 Å². The standard InChI is InChI=1S/C31H37ClFN7O2/c1-5-6-25(19-7-9-20(10-8-19)28(41)34-18-26-36-38-39-37-26)40-29(42)27(21-11-12-24(33)23(32)17-21)35-31(40)15-13-22(14-16-31)30(2,3)4/h7-12,17,22,25H,5-6,13-16,18H2,1-4H3,(H,34,41)(H,36,37,38,39). The molecule has 1 aromatic heterocycles. The van der Waals surface area contributed by atoms with Crippen LogP contribution in [0.15, 0.2) is 47.5 Å². The Hall–Kier alpha value is -3.66. The van der Waals surface area contributed by atoms with Crippen LogP contribution in [0.5, 0.6) is 0 Å². The summed E-state index contributed by atoms with van der Waals surface area (Å²) in [5, 5.41) is 16.3. The number of carbonyl (C=O) groups excluding carboxylic acids is 2. The fourth-order valence-electron chi connectivity index (χ4n) is 6.27. The Morgan fingerprint density at radius 3 is 2.50 bits per heavy atom. The van der Waals surface area contributed by atoms with Gasteiger partial charge in [-0.25, -0.2) is 4.39 Å². The molecule has 5 rings (SSSR count). The van der Waals surface area contributed by atoms with Gasteiger partial charge in [0.2, 0.25) is 0 Å². The maximum absolute atomic E-state index is 14.3. The molecule has 1 unspecified atom stereocenters. The highest BCUT2D eigenvalue weighted by atomic mass is 35.5. The van der Waals surface area contributed by atoms with Crippen molar-refractivity contribution in [1.82, 2.24) is 30.8 Å². The Bertz CT molecular complexity index is 1460. The molecule has 3 aromatic rings. The van der Waals surface area contributed by atoms with E-state index in [0.717, 1.165) is 44.1 Å². The third-order valence-electron chi connectivity index (χ3n) is 8.62. The summed E-state index contributed by atoms with van der Waals surface area (Å²) in [6.07, 6.45) is 4.97. The maximum Gasteiger partial charge on any atom is 0.275 e. The van der Waals surface area contributed by atoms with Gasteiger partial charge in [-0.15, -0.1) is 10.2 Å². The Labute approximate surface area is 250 Å². The van der Waals surface area contributed by atoms with E-state index < -0.39 is 11.5 Å². The van der Waals surface area contributed by atoms with E-state index in [-0.39, 0.29) is 34.8 Å². The lowest BCUT2D eigenvalue weighted by atomic mass is 9.69. The fraction of sp³-hybridized carbons (Fsp3) is 0.484. The summed E-state index contributed by atoms with van der Waals surface area (Å²) < 4.78 is 14.0. The molecule has 1 aliphatic heterocycles. The van der Waals surface area contributed by atoms with Crippen molar-refractivity contribution in [3.63, 3.8) is 0 Å². The molecule has 1 fully saturated rings. The van der Waals surface area contributed by atoms with Crippen molar-refractivity contribution in [3.05, 3.63) is 75.8 Å². The van der Waals surface area contributed by atoms with Crippen LogP contribution in [0.2, 0.25) is 5.02 Å². The Kier molecular flexibility index (Phi) is 8.46. The van der Waals surface area contributed by atoms with Crippen LogP contribution >= 0.6 is 11.6 Å². The number of hydrogen-bond donors (Lipinski definition) is 2. The molecule has 0 radical (unpaired) electrons. The van der Waals surface area contributed by atoms with Crippen molar-refractivity contribution >= 4 is 29.1 Å². The molecule has 1 atom stereocenters. The molecular weight excluding hydrogens is 557 g/mol. The molecule has 2 aromatic carbocycles. The highest BCUT2D eigenvalue weighted by molar-refractivity contribution is 6.47. The molecule has 2 heterocycles. The number of halogens is 2. The average molecular weight is 594 g/mol. The van der Waals surface area contributed by atoms with E-state index in [1.165, 1.54) is 12.1 Å². The van der Waals surface area contributed by atoms with E-state index in [0.29, 0.717) is 28.6 Å². The van der Waals surface area contributed by atoms with Crippen LogP contribution in [0.3, 0.4) is 0 Å². The lowest BCUT2D eigenvalue weighted by molar-refractivity contribution is -0.133. The fourth-order valence-corrected chi connectivity index (χ4v) is 6.45. The molecule has 11 heteroatoms. The smallest absolute Gasteiger partial charge is 0.275 e. The van der Waals surface area contributed by atoms with E-state index in [2.05, 4.69) is 53.6 Å². The predicted molar refractivity (Wildman–Crippen MR) is 158 cm³/mol. The summed E-state index contributed by atoms with van der Waals surface area (Å²) in [7, 11) is 0. The van der Waals surface area contributed by atoms with Crippen molar-refractivity contribution in [2.24, 2.45) is 16.3 Å². The Morgan fingerprint density at radius 2 is 1.90 bits per heavy atom. The van der Waals surface area contributed by atoms with Gasteiger partial charge in [-0.3, -0.25) is 14.6 Å². The molecule has 1 aliphatic carbocycles. The molecule has 0 bridgehead atoms. The van der Waals surface area contributed by atoms with Crippen molar-refractivity contribution in [1.29, 1.82) is 0 Å². The minimum atomic E-state index is -0.699. The third-order valence-corrected chi connectivity index (χ3v) is 8.91. The molecule has 42 heavy (non-hydrogen) atoms. The monoisotopic (exact) mass is 593 g/mol.